The van der Waals surface area contributed by atoms with E-state index in [2.05, 4.69) is 13.2 Å². The van der Waals surface area contributed by atoms with E-state index < -0.39 is 22.6 Å². The summed E-state index contributed by atoms with van der Waals surface area (Å²) in [6, 6.07) is 9.16. The number of benzene rings is 1. The highest BCUT2D eigenvalue weighted by Crippen LogP contribution is 2.66. The Morgan fingerprint density at radius 2 is 1.97 bits per heavy atom. The number of carbonyl (C=O) groups is 3. The second-order valence-corrected chi connectivity index (χ2v) is 11.4. The van der Waals surface area contributed by atoms with Gasteiger partial charge < -0.3 is 19.6 Å². The molecule has 8 heteroatoms. The molecule has 4 rings (SSSR count). The average Bonchev–Trinajstić information content (AvgIpc) is 3.52. The van der Waals surface area contributed by atoms with Crippen molar-refractivity contribution >= 4 is 29.5 Å². The van der Waals surface area contributed by atoms with Crippen LogP contribution in [0.25, 0.3) is 0 Å². The van der Waals surface area contributed by atoms with E-state index in [0.29, 0.717) is 32.5 Å². The number of aliphatic hydroxyl groups is 1. The van der Waals surface area contributed by atoms with E-state index in [1.54, 1.807) is 27.6 Å². The van der Waals surface area contributed by atoms with Gasteiger partial charge in [-0.3, -0.25) is 14.4 Å². The summed E-state index contributed by atoms with van der Waals surface area (Å²) in [4.78, 5) is 44.7. The van der Waals surface area contributed by atoms with E-state index in [-0.39, 0.29) is 36.2 Å². The molecule has 5 atom stereocenters. The fourth-order valence-corrected chi connectivity index (χ4v) is 8.31. The maximum atomic E-state index is 14.3. The lowest BCUT2D eigenvalue weighted by Crippen LogP contribution is -2.54. The molecule has 0 saturated carbocycles. The average molecular weight is 513 g/mol. The third-order valence-corrected chi connectivity index (χ3v) is 9.54. The Morgan fingerprint density at radius 1 is 1.19 bits per heavy atom. The monoisotopic (exact) mass is 512 g/mol. The van der Waals surface area contributed by atoms with Gasteiger partial charge in [0.15, 0.2) is 0 Å². The van der Waals surface area contributed by atoms with Crippen molar-refractivity contribution in [1.82, 2.24) is 9.80 Å². The van der Waals surface area contributed by atoms with Crippen LogP contribution < -0.4 is 0 Å². The molecule has 3 saturated heterocycles. The maximum absolute atomic E-state index is 14.3. The first kappa shape index (κ1) is 26.5. The number of thioether (sulfide) groups is 1. The SMILES string of the molecule is C=CCOC(=O)[C@@H]1[C@H]2C(=O)N(CCCCCO)C(C(=O)N(CC=C)Cc3ccccc3)C23CC[C@H]1S3. The molecule has 3 aliphatic heterocycles. The molecule has 36 heavy (non-hydrogen) atoms. The van der Waals surface area contributed by atoms with E-state index in [9.17, 15) is 19.5 Å². The summed E-state index contributed by atoms with van der Waals surface area (Å²) >= 11 is 1.65. The van der Waals surface area contributed by atoms with Crippen LogP contribution in [0.5, 0.6) is 0 Å². The lowest BCUT2D eigenvalue weighted by Gasteiger charge is -2.37. The topological polar surface area (TPSA) is 87.1 Å². The highest BCUT2D eigenvalue weighted by atomic mass is 32.2. The van der Waals surface area contributed by atoms with Gasteiger partial charge in [-0.15, -0.1) is 18.3 Å². The fraction of sp³-hybridized carbons (Fsp3) is 0.536. The number of esters is 1. The van der Waals surface area contributed by atoms with Crippen molar-refractivity contribution in [2.24, 2.45) is 11.8 Å². The number of rotatable bonds is 13. The number of hydrogen-bond acceptors (Lipinski definition) is 6. The smallest absolute Gasteiger partial charge is 0.311 e. The van der Waals surface area contributed by atoms with Gasteiger partial charge >= 0.3 is 5.97 Å². The van der Waals surface area contributed by atoms with Gasteiger partial charge in [-0.1, -0.05) is 49.1 Å². The first-order valence-electron chi connectivity index (χ1n) is 12.8. The van der Waals surface area contributed by atoms with Crippen molar-refractivity contribution in [3.63, 3.8) is 0 Å². The van der Waals surface area contributed by atoms with E-state index in [4.69, 9.17) is 4.74 Å². The zero-order chi connectivity index (χ0) is 25.7. The van der Waals surface area contributed by atoms with Crippen molar-refractivity contribution in [3.8, 4) is 0 Å². The second-order valence-electron chi connectivity index (χ2n) is 9.78. The van der Waals surface area contributed by atoms with Crippen LogP contribution in [0.15, 0.2) is 55.6 Å². The Bertz CT molecular complexity index is 985. The predicted molar refractivity (Wildman–Crippen MR) is 140 cm³/mol. The molecule has 1 spiro atoms. The van der Waals surface area contributed by atoms with Crippen molar-refractivity contribution in [1.29, 1.82) is 0 Å². The third-order valence-electron chi connectivity index (χ3n) is 7.58. The summed E-state index contributed by atoms with van der Waals surface area (Å²) < 4.78 is 4.78. The molecule has 2 unspecified atom stereocenters. The number of likely N-dealkylation sites (tertiary alicyclic amines) is 1. The Kier molecular flexibility index (Phi) is 8.57. The fourth-order valence-electron chi connectivity index (χ4n) is 6.11. The van der Waals surface area contributed by atoms with E-state index in [0.717, 1.165) is 24.8 Å². The van der Waals surface area contributed by atoms with Crippen molar-refractivity contribution in [3.05, 3.63) is 61.2 Å². The van der Waals surface area contributed by atoms with Crippen LogP contribution in [-0.2, 0) is 25.7 Å². The first-order chi connectivity index (χ1) is 17.5. The van der Waals surface area contributed by atoms with Gasteiger partial charge in [0, 0.05) is 31.5 Å². The van der Waals surface area contributed by atoms with Crippen molar-refractivity contribution < 1.29 is 24.2 Å². The maximum Gasteiger partial charge on any atom is 0.311 e. The summed E-state index contributed by atoms with van der Waals surface area (Å²) in [5.41, 5.74) is 1.01. The van der Waals surface area contributed by atoms with Gasteiger partial charge in [-0.2, -0.15) is 0 Å². The highest BCUT2D eigenvalue weighted by molar-refractivity contribution is 8.02. The molecule has 7 nitrogen and oxygen atoms in total. The minimum atomic E-state index is -0.639. The molecule has 1 N–H and O–H groups in total. The van der Waals surface area contributed by atoms with E-state index in [1.165, 1.54) is 6.08 Å². The zero-order valence-corrected chi connectivity index (χ0v) is 21.5. The van der Waals surface area contributed by atoms with Crippen LogP contribution in [0, 0.1) is 11.8 Å². The van der Waals surface area contributed by atoms with E-state index in [1.807, 2.05) is 30.3 Å². The molecule has 2 bridgehead atoms. The minimum Gasteiger partial charge on any atom is -0.461 e. The summed E-state index contributed by atoms with van der Waals surface area (Å²) in [5, 5.41) is 9.17. The molecule has 0 aliphatic carbocycles. The van der Waals surface area contributed by atoms with E-state index >= 15 is 0 Å². The minimum absolute atomic E-state index is 0.0231. The largest absolute Gasteiger partial charge is 0.461 e. The summed E-state index contributed by atoms with van der Waals surface area (Å²) in [6.07, 6.45) is 6.86. The van der Waals surface area contributed by atoms with Gasteiger partial charge in [-0.25, -0.2) is 0 Å². The number of unbranched alkanes of at least 4 members (excludes halogenated alkanes) is 2. The summed E-state index contributed by atoms with van der Waals surface area (Å²) in [5.74, 6) is -1.69. The van der Waals surface area contributed by atoms with Gasteiger partial charge in [0.25, 0.3) is 0 Å². The van der Waals surface area contributed by atoms with Crippen LogP contribution >= 0.6 is 11.8 Å². The van der Waals surface area contributed by atoms with Gasteiger partial charge in [0.2, 0.25) is 11.8 Å². The molecule has 1 aromatic carbocycles. The summed E-state index contributed by atoms with van der Waals surface area (Å²) in [6.45, 7) is 8.92. The molecule has 3 aliphatic rings. The van der Waals surface area contributed by atoms with Gasteiger partial charge in [0.05, 0.1) is 16.6 Å². The van der Waals surface area contributed by atoms with Crippen molar-refractivity contribution in [2.75, 3.05) is 26.3 Å². The Labute approximate surface area is 217 Å². The van der Waals surface area contributed by atoms with Crippen LogP contribution in [0.3, 0.4) is 0 Å². The molecule has 3 fully saturated rings. The first-order valence-corrected chi connectivity index (χ1v) is 13.7. The molecule has 2 amide bonds. The standard InChI is InChI=1S/C28H36N2O5S/c1-3-15-29(19-20-11-7-5-8-12-20)26(33)24-28-14-13-21(36-28)22(27(34)35-18-4-2)23(28)25(32)30(24)16-9-6-10-17-31/h3-5,7-8,11-12,21-24,31H,1-2,6,9-10,13-19H2/t21-,22+,23+,24?,28?/m1/s1. The molecule has 3 heterocycles. The van der Waals surface area contributed by atoms with Crippen LogP contribution in [0.4, 0.5) is 0 Å². The van der Waals surface area contributed by atoms with Crippen LogP contribution in [-0.4, -0.2) is 75.0 Å². The zero-order valence-electron chi connectivity index (χ0n) is 20.7. The third kappa shape index (κ3) is 4.85. The Balaban J connectivity index is 1.66. The number of amides is 2. The highest BCUT2D eigenvalue weighted by Gasteiger charge is 2.74. The number of nitrogens with zero attached hydrogens (tertiary/aromatic N) is 2. The number of hydrogen-bond donors (Lipinski definition) is 1. The Morgan fingerprint density at radius 3 is 2.67 bits per heavy atom. The van der Waals surface area contributed by atoms with Crippen LogP contribution in [0.2, 0.25) is 0 Å². The molecule has 194 valence electrons. The quantitative estimate of drug-likeness (QED) is 0.248. The predicted octanol–water partition coefficient (Wildman–Crippen LogP) is 3.18. The molecule has 0 radical (unpaired) electrons. The lowest BCUT2D eigenvalue weighted by atomic mass is 9.71. The van der Waals surface area contributed by atoms with Gasteiger partial charge in [-0.05, 0) is 37.7 Å². The number of ether oxygens (including phenoxy) is 1. The normalized spacial score (nSPS) is 28.1. The van der Waals surface area contributed by atoms with Gasteiger partial charge in [0.1, 0.15) is 12.6 Å². The van der Waals surface area contributed by atoms with Crippen LogP contribution in [0.1, 0.15) is 37.7 Å². The lowest BCUT2D eigenvalue weighted by molar-refractivity contribution is -0.153. The van der Waals surface area contributed by atoms with Crippen molar-refractivity contribution in [2.45, 2.75) is 54.7 Å². The summed E-state index contributed by atoms with van der Waals surface area (Å²) in [7, 11) is 0. The molecule has 1 aromatic rings. The number of fused-ring (bicyclic) bond motifs is 1. The molecule has 0 aromatic heterocycles. The Hall–Kier alpha value is -2.58. The number of carbonyl (C=O) groups excluding carboxylic acids is 3. The second kappa shape index (κ2) is 11.6. The molecular formula is C28H36N2O5S. The molecular weight excluding hydrogens is 476 g/mol. The number of aliphatic hydroxyl groups excluding tert-OH is 1.